The fourth-order valence-corrected chi connectivity index (χ4v) is 4.67. The number of hydrogen-bond donors (Lipinski definition) is 2. The molecule has 0 saturated heterocycles. The number of rotatable bonds is 7. The zero-order valence-corrected chi connectivity index (χ0v) is 17.8. The van der Waals surface area contributed by atoms with Crippen LogP contribution in [0.1, 0.15) is 48.5 Å². The van der Waals surface area contributed by atoms with Crippen molar-refractivity contribution in [3.63, 3.8) is 0 Å². The normalized spacial score (nSPS) is 14.3. The topological polar surface area (TPSA) is 116 Å². The fourth-order valence-electron chi connectivity index (χ4n) is 3.87. The van der Waals surface area contributed by atoms with Crippen LogP contribution in [0.2, 0.25) is 0 Å². The number of nitrogens with two attached hydrogens (primary N) is 1. The Bertz CT molecular complexity index is 1060. The first kappa shape index (κ1) is 21.0. The number of para-hydroxylation sites is 1. The minimum absolute atomic E-state index is 0.147. The predicted molar refractivity (Wildman–Crippen MR) is 120 cm³/mol. The second kappa shape index (κ2) is 9.74. The first-order valence-electron chi connectivity index (χ1n) is 10.3. The molecule has 2 aromatic heterocycles. The lowest BCUT2D eigenvalue weighted by atomic mass is 9.95. The van der Waals surface area contributed by atoms with E-state index in [1.807, 2.05) is 12.1 Å². The quantitative estimate of drug-likeness (QED) is 0.546. The van der Waals surface area contributed by atoms with Crippen molar-refractivity contribution in [1.82, 2.24) is 19.7 Å². The Kier molecular flexibility index (Phi) is 6.61. The van der Waals surface area contributed by atoms with Gasteiger partial charge < -0.3 is 11.1 Å². The van der Waals surface area contributed by atoms with Crippen LogP contribution in [0.25, 0.3) is 11.4 Å². The third-order valence-electron chi connectivity index (χ3n) is 5.34. The van der Waals surface area contributed by atoms with Crippen LogP contribution in [0.4, 0.5) is 5.69 Å². The number of thioether (sulfide) groups is 1. The van der Waals surface area contributed by atoms with Crippen molar-refractivity contribution < 1.29 is 9.59 Å². The highest BCUT2D eigenvalue weighted by atomic mass is 32.2. The van der Waals surface area contributed by atoms with E-state index in [0.717, 1.165) is 29.4 Å². The molecule has 3 aromatic rings. The molecule has 0 atom stereocenters. The van der Waals surface area contributed by atoms with E-state index in [1.54, 1.807) is 36.7 Å². The van der Waals surface area contributed by atoms with E-state index in [4.69, 9.17) is 5.73 Å². The zero-order chi connectivity index (χ0) is 21.6. The van der Waals surface area contributed by atoms with Crippen LogP contribution in [-0.4, -0.2) is 37.3 Å². The van der Waals surface area contributed by atoms with Gasteiger partial charge in [-0.3, -0.25) is 19.1 Å². The van der Waals surface area contributed by atoms with Gasteiger partial charge in [0, 0.05) is 24.0 Å². The van der Waals surface area contributed by atoms with Gasteiger partial charge in [-0.25, -0.2) is 0 Å². The summed E-state index contributed by atoms with van der Waals surface area (Å²) < 4.78 is 2.17. The Morgan fingerprint density at radius 2 is 1.81 bits per heavy atom. The Morgan fingerprint density at radius 3 is 2.55 bits per heavy atom. The number of amides is 2. The maximum Gasteiger partial charge on any atom is 0.250 e. The molecule has 1 aliphatic rings. The van der Waals surface area contributed by atoms with Crippen molar-refractivity contribution in [2.45, 2.75) is 43.3 Å². The fraction of sp³-hybridized carbons (Fsp3) is 0.318. The van der Waals surface area contributed by atoms with Gasteiger partial charge in [-0.2, -0.15) is 0 Å². The molecule has 0 unspecified atom stereocenters. The SMILES string of the molecule is NC(=O)c1ccccc1NC(=O)CSc1nnc(-c2ccncc2)n1C1CCCCC1. The van der Waals surface area contributed by atoms with Crippen LogP contribution >= 0.6 is 11.8 Å². The number of hydrogen-bond acceptors (Lipinski definition) is 6. The molecule has 8 nitrogen and oxygen atoms in total. The molecule has 31 heavy (non-hydrogen) atoms. The van der Waals surface area contributed by atoms with Crippen LogP contribution in [0, 0.1) is 0 Å². The van der Waals surface area contributed by atoms with E-state index < -0.39 is 5.91 Å². The van der Waals surface area contributed by atoms with E-state index in [2.05, 4.69) is 25.1 Å². The summed E-state index contributed by atoms with van der Waals surface area (Å²) in [5.74, 6) is 0.134. The van der Waals surface area contributed by atoms with E-state index in [0.29, 0.717) is 11.7 Å². The molecule has 4 rings (SSSR count). The van der Waals surface area contributed by atoms with E-state index in [1.165, 1.54) is 31.0 Å². The number of carbonyl (C=O) groups is 2. The van der Waals surface area contributed by atoms with Crippen molar-refractivity contribution in [3.8, 4) is 11.4 Å². The maximum atomic E-state index is 12.6. The standard InChI is InChI=1S/C22H24N6O2S/c23-20(30)17-8-4-5-9-18(17)25-19(29)14-31-22-27-26-21(15-10-12-24-13-11-15)28(22)16-6-2-1-3-7-16/h4-5,8-13,16H,1-3,6-7,14H2,(H2,23,30)(H,25,29). The highest BCUT2D eigenvalue weighted by molar-refractivity contribution is 7.99. The molecule has 1 fully saturated rings. The predicted octanol–water partition coefficient (Wildman–Crippen LogP) is 3.68. The Hall–Kier alpha value is -3.20. The van der Waals surface area contributed by atoms with Crippen molar-refractivity contribution >= 4 is 29.3 Å². The molecule has 160 valence electrons. The minimum Gasteiger partial charge on any atom is -0.366 e. The van der Waals surface area contributed by atoms with Gasteiger partial charge in [-0.1, -0.05) is 43.2 Å². The summed E-state index contributed by atoms with van der Waals surface area (Å²) in [5.41, 5.74) is 7.05. The molecule has 0 bridgehead atoms. The van der Waals surface area contributed by atoms with E-state index in [9.17, 15) is 9.59 Å². The summed E-state index contributed by atoms with van der Waals surface area (Å²) in [4.78, 5) is 28.2. The molecule has 9 heteroatoms. The largest absolute Gasteiger partial charge is 0.366 e. The minimum atomic E-state index is -0.581. The number of benzene rings is 1. The number of anilines is 1. The van der Waals surface area contributed by atoms with E-state index >= 15 is 0 Å². The van der Waals surface area contributed by atoms with Crippen molar-refractivity contribution in [1.29, 1.82) is 0 Å². The monoisotopic (exact) mass is 436 g/mol. The van der Waals surface area contributed by atoms with Crippen molar-refractivity contribution in [2.75, 3.05) is 11.1 Å². The Balaban J connectivity index is 1.52. The molecule has 0 aliphatic heterocycles. The van der Waals surface area contributed by atoms with Gasteiger partial charge in [0.05, 0.1) is 17.0 Å². The number of nitrogens with zero attached hydrogens (tertiary/aromatic N) is 4. The van der Waals surface area contributed by atoms with Gasteiger partial charge in [0.15, 0.2) is 11.0 Å². The van der Waals surface area contributed by atoms with E-state index in [-0.39, 0.29) is 17.2 Å². The van der Waals surface area contributed by atoms with Crippen LogP contribution in [0.5, 0.6) is 0 Å². The molecule has 2 amide bonds. The molecular weight excluding hydrogens is 412 g/mol. The maximum absolute atomic E-state index is 12.6. The summed E-state index contributed by atoms with van der Waals surface area (Å²) in [6.07, 6.45) is 9.22. The van der Waals surface area contributed by atoms with Crippen LogP contribution in [0.15, 0.2) is 53.9 Å². The summed E-state index contributed by atoms with van der Waals surface area (Å²) >= 11 is 1.34. The first-order chi connectivity index (χ1) is 15.1. The Labute approximate surface area is 184 Å². The zero-order valence-electron chi connectivity index (χ0n) is 17.0. The number of aromatic nitrogens is 4. The smallest absolute Gasteiger partial charge is 0.250 e. The third kappa shape index (κ3) is 4.93. The van der Waals surface area contributed by atoms with Gasteiger partial charge in [-0.05, 0) is 37.1 Å². The van der Waals surface area contributed by atoms with Gasteiger partial charge in [0.2, 0.25) is 5.91 Å². The summed E-state index contributed by atoms with van der Waals surface area (Å²) in [6, 6.07) is 10.9. The van der Waals surface area contributed by atoms with Crippen LogP contribution in [0.3, 0.4) is 0 Å². The van der Waals surface area contributed by atoms with Gasteiger partial charge in [0.1, 0.15) is 0 Å². The second-order valence-electron chi connectivity index (χ2n) is 7.45. The molecule has 0 radical (unpaired) electrons. The van der Waals surface area contributed by atoms with Crippen LogP contribution in [-0.2, 0) is 4.79 Å². The van der Waals surface area contributed by atoms with Gasteiger partial charge in [0.25, 0.3) is 5.91 Å². The van der Waals surface area contributed by atoms with Crippen LogP contribution < -0.4 is 11.1 Å². The second-order valence-corrected chi connectivity index (χ2v) is 8.39. The summed E-state index contributed by atoms with van der Waals surface area (Å²) in [7, 11) is 0. The highest BCUT2D eigenvalue weighted by Crippen LogP contribution is 2.35. The lowest BCUT2D eigenvalue weighted by Crippen LogP contribution is -2.20. The summed E-state index contributed by atoms with van der Waals surface area (Å²) in [5, 5.41) is 12.3. The van der Waals surface area contributed by atoms with Gasteiger partial charge >= 0.3 is 0 Å². The van der Waals surface area contributed by atoms with Gasteiger partial charge in [-0.15, -0.1) is 10.2 Å². The van der Waals surface area contributed by atoms with Crippen molar-refractivity contribution in [3.05, 3.63) is 54.4 Å². The number of nitrogens with one attached hydrogen (secondary N) is 1. The Morgan fingerprint density at radius 1 is 1.06 bits per heavy atom. The molecule has 1 aromatic carbocycles. The molecule has 3 N–H and O–H groups in total. The lowest BCUT2D eigenvalue weighted by Gasteiger charge is -2.25. The molecule has 2 heterocycles. The third-order valence-corrected chi connectivity index (χ3v) is 6.28. The molecule has 1 aliphatic carbocycles. The van der Waals surface area contributed by atoms with Crippen molar-refractivity contribution in [2.24, 2.45) is 5.73 Å². The number of primary amides is 1. The average Bonchev–Trinajstić information content (AvgIpc) is 3.23. The lowest BCUT2D eigenvalue weighted by molar-refractivity contribution is -0.113. The first-order valence-corrected chi connectivity index (χ1v) is 11.3. The molecular formula is C22H24N6O2S. The summed E-state index contributed by atoms with van der Waals surface area (Å²) in [6.45, 7) is 0. The average molecular weight is 437 g/mol. The molecule has 1 saturated carbocycles. The molecule has 0 spiro atoms. The number of carbonyl (C=O) groups excluding carboxylic acids is 2. The highest BCUT2D eigenvalue weighted by Gasteiger charge is 2.24. The number of pyridine rings is 1.